The number of anilines is 2. The second-order valence-electron chi connectivity index (χ2n) is 10.5. The maximum Gasteiger partial charge on any atom is 0.406 e. The highest BCUT2D eigenvalue weighted by molar-refractivity contribution is 8.00. The Morgan fingerprint density at radius 1 is 1.15 bits per heavy atom. The molecule has 0 aliphatic heterocycles. The second-order valence-corrected chi connectivity index (χ2v) is 12.0. The van der Waals surface area contributed by atoms with Crippen LogP contribution >= 0.6 is 11.8 Å². The topological polar surface area (TPSA) is 84.5 Å². The molecule has 3 aromatic rings. The third-order valence-electron chi connectivity index (χ3n) is 7.24. The summed E-state index contributed by atoms with van der Waals surface area (Å²) in [5, 5.41) is 17.5. The molecule has 5 N–H and O–H groups in total. The fraction of sp³-hybridized carbons (Fsp3) is 0.467. The zero-order valence-electron chi connectivity index (χ0n) is 23.4. The van der Waals surface area contributed by atoms with Gasteiger partial charge in [0.2, 0.25) is 0 Å². The molecule has 41 heavy (non-hydrogen) atoms. The van der Waals surface area contributed by atoms with Gasteiger partial charge in [0.25, 0.3) is 0 Å². The van der Waals surface area contributed by atoms with E-state index in [1.807, 2.05) is 6.07 Å². The van der Waals surface area contributed by atoms with E-state index in [1.165, 1.54) is 23.8 Å². The molecule has 1 unspecified atom stereocenters. The van der Waals surface area contributed by atoms with Gasteiger partial charge in [-0.15, -0.1) is 0 Å². The van der Waals surface area contributed by atoms with Gasteiger partial charge in [-0.2, -0.15) is 13.2 Å². The summed E-state index contributed by atoms with van der Waals surface area (Å²) in [7, 11) is 1.44. The Balaban J connectivity index is 1.57. The lowest BCUT2D eigenvalue weighted by molar-refractivity contribution is -0.140. The molecular weight excluding hydrogens is 556 g/mol. The van der Waals surface area contributed by atoms with Crippen molar-refractivity contribution in [1.29, 1.82) is 0 Å². The number of fused-ring (bicyclic) bond motifs is 1. The number of alkyl halides is 3. The number of nitrogens with zero attached hydrogens (tertiary/aromatic N) is 1. The number of aliphatic hydroxyl groups is 1. The van der Waals surface area contributed by atoms with E-state index in [-0.39, 0.29) is 29.2 Å². The van der Waals surface area contributed by atoms with Gasteiger partial charge in [-0.3, -0.25) is 0 Å². The van der Waals surface area contributed by atoms with E-state index in [1.54, 1.807) is 32.0 Å². The lowest BCUT2D eigenvalue weighted by atomic mass is 9.91. The van der Waals surface area contributed by atoms with E-state index in [2.05, 4.69) is 22.5 Å². The summed E-state index contributed by atoms with van der Waals surface area (Å²) in [6.07, 6.45) is -0.393. The van der Waals surface area contributed by atoms with Gasteiger partial charge >= 0.3 is 6.18 Å². The Hall–Kier alpha value is -3.07. The highest BCUT2D eigenvalue weighted by Crippen LogP contribution is 2.39. The van der Waals surface area contributed by atoms with Gasteiger partial charge in [0.1, 0.15) is 23.0 Å². The lowest BCUT2D eigenvalue weighted by Crippen LogP contribution is -2.32. The molecule has 1 heterocycles. The Morgan fingerprint density at radius 3 is 2.54 bits per heavy atom. The number of benzene rings is 2. The number of hydrogen-bond donors (Lipinski definition) is 4. The normalized spacial score (nSPS) is 18.9. The first kappa shape index (κ1) is 30.9. The van der Waals surface area contributed by atoms with Crippen LogP contribution in [0.15, 0.2) is 41.3 Å². The fourth-order valence-corrected chi connectivity index (χ4v) is 5.79. The largest absolute Gasteiger partial charge is 0.495 e. The van der Waals surface area contributed by atoms with Crippen molar-refractivity contribution in [3.05, 3.63) is 47.9 Å². The number of ether oxygens (including phenoxy) is 1. The number of methoxy groups -OCH3 is 1. The molecular formula is C30H36F4N4O2S. The van der Waals surface area contributed by atoms with Crippen LogP contribution in [0.2, 0.25) is 0 Å². The molecule has 11 heteroatoms. The van der Waals surface area contributed by atoms with Crippen LogP contribution in [0.4, 0.5) is 28.9 Å². The van der Waals surface area contributed by atoms with Crippen LogP contribution in [-0.2, 0) is 6.54 Å². The summed E-state index contributed by atoms with van der Waals surface area (Å²) >= 11 is 0.996. The molecule has 0 amide bonds. The molecule has 1 aliphatic carbocycles. The maximum absolute atomic E-state index is 14.8. The Bertz CT molecular complexity index is 1420. The predicted octanol–water partition coefficient (Wildman–Crippen LogP) is 6.71. The summed E-state index contributed by atoms with van der Waals surface area (Å²) in [5.41, 5.74) is 7.80. The van der Waals surface area contributed by atoms with Crippen LogP contribution in [0.3, 0.4) is 0 Å². The van der Waals surface area contributed by atoms with Crippen molar-refractivity contribution in [3.8, 4) is 17.6 Å². The number of nitrogens with two attached hydrogens (primary N) is 1. The third-order valence-corrected chi connectivity index (χ3v) is 8.50. The van der Waals surface area contributed by atoms with Crippen molar-refractivity contribution in [1.82, 2.24) is 4.57 Å². The predicted molar refractivity (Wildman–Crippen MR) is 157 cm³/mol. The first-order valence-corrected chi connectivity index (χ1v) is 14.4. The van der Waals surface area contributed by atoms with Crippen molar-refractivity contribution in [2.75, 3.05) is 24.3 Å². The molecule has 0 bridgehead atoms. The van der Waals surface area contributed by atoms with Crippen molar-refractivity contribution >= 4 is 34.0 Å². The number of nitrogens with one attached hydrogen (secondary N) is 2. The molecule has 6 nitrogen and oxygen atoms in total. The molecule has 222 valence electrons. The monoisotopic (exact) mass is 592 g/mol. The van der Waals surface area contributed by atoms with E-state index in [0.717, 1.165) is 43.1 Å². The summed E-state index contributed by atoms with van der Waals surface area (Å²) < 4.78 is 62.0. The van der Waals surface area contributed by atoms with E-state index in [4.69, 9.17) is 10.5 Å². The van der Waals surface area contributed by atoms with Gasteiger partial charge in [0.15, 0.2) is 0 Å². The zero-order chi connectivity index (χ0) is 29.8. The minimum absolute atomic E-state index is 0.0376. The van der Waals surface area contributed by atoms with Crippen LogP contribution in [0.25, 0.3) is 10.9 Å². The highest BCUT2D eigenvalue weighted by Gasteiger charge is 2.30. The number of rotatable bonds is 9. The van der Waals surface area contributed by atoms with Gasteiger partial charge in [0.05, 0.1) is 30.6 Å². The van der Waals surface area contributed by atoms with E-state index >= 15 is 0 Å². The first-order valence-electron chi connectivity index (χ1n) is 13.6. The van der Waals surface area contributed by atoms with Crippen molar-refractivity contribution in [2.45, 2.75) is 80.6 Å². The molecule has 0 radical (unpaired) electrons. The molecule has 1 fully saturated rings. The van der Waals surface area contributed by atoms with Crippen LogP contribution in [0.5, 0.6) is 5.75 Å². The number of hydrogen-bond acceptors (Lipinski definition) is 6. The smallest absolute Gasteiger partial charge is 0.406 e. The van der Waals surface area contributed by atoms with Crippen molar-refractivity contribution in [2.24, 2.45) is 5.73 Å². The van der Waals surface area contributed by atoms with Crippen LogP contribution in [0, 0.1) is 17.7 Å². The lowest BCUT2D eigenvalue weighted by Gasteiger charge is -2.28. The molecule has 0 spiro atoms. The first-order chi connectivity index (χ1) is 19.4. The fourth-order valence-electron chi connectivity index (χ4n) is 4.85. The molecule has 1 atom stereocenters. The van der Waals surface area contributed by atoms with Gasteiger partial charge in [-0.25, -0.2) is 4.39 Å². The molecule has 1 saturated carbocycles. The molecule has 1 aromatic heterocycles. The standard InChI is InChI=1S/C30H36F4N4O2S/c1-4-29(2,39)41-28-17-27(40-3)25(16-23(28)31)36-14-6-7-21-15-22-24(37-20-12-10-19(35)11-13-20)8-5-9-26(22)38(21)18-30(32,33)34/h5,8-9,15-17,19-20,36-37,39H,4,10-14,18,35H2,1-3H3. The second kappa shape index (κ2) is 12.8. The van der Waals surface area contributed by atoms with Gasteiger partial charge in [-0.05, 0) is 69.2 Å². The molecule has 2 aromatic carbocycles. The van der Waals surface area contributed by atoms with E-state index in [9.17, 15) is 22.7 Å². The number of thioether (sulfide) groups is 1. The average molecular weight is 593 g/mol. The summed E-state index contributed by atoms with van der Waals surface area (Å²) in [6, 6.07) is 10.1. The Kier molecular flexibility index (Phi) is 9.67. The maximum atomic E-state index is 14.8. The molecule has 1 aliphatic rings. The summed E-state index contributed by atoms with van der Waals surface area (Å²) in [4.78, 5) is -0.900. The number of halogens is 4. The summed E-state index contributed by atoms with van der Waals surface area (Å²) in [5.74, 6) is 5.56. The van der Waals surface area contributed by atoms with Gasteiger partial charge in [0, 0.05) is 34.1 Å². The molecule has 4 rings (SSSR count). The minimum atomic E-state index is -4.43. The average Bonchev–Trinajstić information content (AvgIpc) is 3.25. The van der Waals surface area contributed by atoms with Crippen LogP contribution < -0.4 is 21.1 Å². The Morgan fingerprint density at radius 2 is 1.88 bits per heavy atom. The SMILES string of the molecule is CCC(C)(O)Sc1cc(OC)c(NCC#Cc2cc3c(NC4CCC(N)CC4)cccc3n2CC(F)(F)F)cc1F. The van der Waals surface area contributed by atoms with Gasteiger partial charge in [-0.1, -0.05) is 30.7 Å². The van der Waals surface area contributed by atoms with Crippen LogP contribution in [0.1, 0.15) is 51.6 Å². The highest BCUT2D eigenvalue weighted by atomic mass is 32.2. The minimum Gasteiger partial charge on any atom is -0.495 e. The number of aromatic nitrogens is 1. The molecule has 0 saturated heterocycles. The zero-order valence-corrected chi connectivity index (χ0v) is 24.2. The third kappa shape index (κ3) is 8.03. The Labute approximate surface area is 242 Å². The van der Waals surface area contributed by atoms with Crippen LogP contribution in [-0.4, -0.2) is 46.5 Å². The van der Waals surface area contributed by atoms with E-state index < -0.39 is 23.5 Å². The summed E-state index contributed by atoms with van der Waals surface area (Å²) in [6.45, 7) is 2.27. The van der Waals surface area contributed by atoms with Gasteiger partial charge < -0.3 is 30.8 Å². The van der Waals surface area contributed by atoms with Crippen molar-refractivity contribution < 1.29 is 27.4 Å². The van der Waals surface area contributed by atoms with E-state index in [0.29, 0.717) is 28.8 Å². The quantitative estimate of drug-likeness (QED) is 0.0957. The van der Waals surface area contributed by atoms with Crippen molar-refractivity contribution in [3.63, 3.8) is 0 Å².